The van der Waals surface area contributed by atoms with Gasteiger partial charge in [-0.1, -0.05) is 48.5 Å². The van der Waals surface area contributed by atoms with Crippen LogP contribution < -0.4 is 4.74 Å². The smallest absolute Gasteiger partial charge is 0.160 e. The van der Waals surface area contributed by atoms with Crippen LogP contribution in [-0.4, -0.2) is 23.6 Å². The number of fused-ring (bicyclic) bond motifs is 2. The van der Waals surface area contributed by atoms with Crippen LogP contribution in [0.5, 0.6) is 5.75 Å². The van der Waals surface area contributed by atoms with E-state index in [0.29, 0.717) is 0 Å². The molecule has 0 N–H and O–H groups in total. The van der Waals surface area contributed by atoms with Crippen molar-refractivity contribution in [2.75, 3.05) is 7.11 Å². The first-order valence-corrected chi connectivity index (χ1v) is 9.26. The number of ether oxygens (including phenoxy) is 1. The number of nitrogens with zero attached hydrogens (tertiary/aromatic N) is 3. The van der Waals surface area contributed by atoms with E-state index in [9.17, 15) is 0 Å². The molecular formula is C24H19N3O. The molecule has 0 radical (unpaired) electrons. The quantitative estimate of drug-likeness (QED) is 0.652. The van der Waals surface area contributed by atoms with Crippen molar-refractivity contribution in [3.8, 4) is 5.75 Å². The van der Waals surface area contributed by atoms with E-state index in [4.69, 9.17) is 14.7 Å². The number of amidine groups is 1. The minimum Gasteiger partial charge on any atom is -0.497 e. The maximum absolute atomic E-state index is 5.29. The average molecular weight is 365 g/mol. The minimum atomic E-state index is 0.778. The molecule has 136 valence electrons. The summed E-state index contributed by atoms with van der Waals surface area (Å²) in [6.07, 6.45) is 2.09. The predicted molar refractivity (Wildman–Crippen MR) is 113 cm³/mol. The lowest BCUT2D eigenvalue weighted by Crippen LogP contribution is -2.37. The van der Waals surface area contributed by atoms with Crippen LogP contribution in [0.1, 0.15) is 16.7 Å². The van der Waals surface area contributed by atoms with Gasteiger partial charge >= 0.3 is 0 Å². The van der Waals surface area contributed by atoms with Gasteiger partial charge in [-0.05, 0) is 35.9 Å². The SMILES string of the molecule is COc1ccc(C2=CN3Cc4ccccc4N=C3C(c3ccccc3)=N2)cc1. The lowest BCUT2D eigenvalue weighted by molar-refractivity contribution is 0.415. The summed E-state index contributed by atoms with van der Waals surface area (Å²) in [4.78, 5) is 12.1. The zero-order valence-corrected chi connectivity index (χ0v) is 15.5. The zero-order chi connectivity index (χ0) is 18.9. The Balaban J connectivity index is 1.65. The second-order valence-electron chi connectivity index (χ2n) is 6.76. The van der Waals surface area contributed by atoms with Crippen molar-refractivity contribution in [2.45, 2.75) is 6.54 Å². The highest BCUT2D eigenvalue weighted by Gasteiger charge is 2.27. The van der Waals surface area contributed by atoms with Gasteiger partial charge in [0.25, 0.3) is 0 Å². The van der Waals surface area contributed by atoms with Gasteiger partial charge < -0.3 is 9.64 Å². The molecule has 0 amide bonds. The zero-order valence-electron chi connectivity index (χ0n) is 15.5. The molecule has 2 heterocycles. The van der Waals surface area contributed by atoms with Crippen LogP contribution in [0.2, 0.25) is 0 Å². The van der Waals surface area contributed by atoms with Gasteiger partial charge in [-0.25, -0.2) is 9.98 Å². The van der Waals surface area contributed by atoms with E-state index >= 15 is 0 Å². The molecule has 4 nitrogen and oxygen atoms in total. The lowest BCUT2D eigenvalue weighted by atomic mass is 10.0. The average Bonchev–Trinajstić information content (AvgIpc) is 2.77. The number of hydrogen-bond acceptors (Lipinski definition) is 4. The minimum absolute atomic E-state index is 0.778. The third-order valence-corrected chi connectivity index (χ3v) is 4.99. The normalized spacial score (nSPS) is 15.0. The highest BCUT2D eigenvalue weighted by atomic mass is 16.5. The lowest BCUT2D eigenvalue weighted by Gasteiger charge is -2.31. The van der Waals surface area contributed by atoms with Crippen LogP contribution in [-0.2, 0) is 6.54 Å². The Morgan fingerprint density at radius 1 is 0.786 bits per heavy atom. The Bertz CT molecular complexity index is 1110. The summed E-state index contributed by atoms with van der Waals surface area (Å²) in [5, 5.41) is 0. The van der Waals surface area contributed by atoms with Crippen molar-refractivity contribution in [1.29, 1.82) is 0 Å². The molecule has 0 spiro atoms. The molecule has 0 atom stereocenters. The van der Waals surface area contributed by atoms with E-state index in [0.717, 1.165) is 46.4 Å². The van der Waals surface area contributed by atoms with Gasteiger partial charge in [0.2, 0.25) is 0 Å². The molecule has 2 aliphatic heterocycles. The third kappa shape index (κ3) is 2.89. The van der Waals surface area contributed by atoms with E-state index in [1.165, 1.54) is 5.56 Å². The Kier molecular flexibility index (Phi) is 4.02. The Morgan fingerprint density at radius 3 is 2.32 bits per heavy atom. The molecule has 2 aliphatic rings. The van der Waals surface area contributed by atoms with Crippen LogP contribution in [0.3, 0.4) is 0 Å². The molecule has 3 aromatic carbocycles. The molecule has 0 aliphatic carbocycles. The van der Waals surface area contributed by atoms with E-state index in [1.54, 1.807) is 7.11 Å². The first-order chi connectivity index (χ1) is 13.8. The van der Waals surface area contributed by atoms with E-state index < -0.39 is 0 Å². The Hall–Kier alpha value is -3.66. The van der Waals surface area contributed by atoms with Gasteiger partial charge in [0.15, 0.2) is 5.84 Å². The highest BCUT2D eigenvalue weighted by Crippen LogP contribution is 2.32. The summed E-state index contributed by atoms with van der Waals surface area (Å²) in [6.45, 7) is 0.778. The van der Waals surface area contributed by atoms with Crippen molar-refractivity contribution >= 4 is 22.9 Å². The first kappa shape index (κ1) is 16.5. The summed E-state index contributed by atoms with van der Waals surface area (Å²) >= 11 is 0. The predicted octanol–water partition coefficient (Wildman–Crippen LogP) is 5.04. The number of hydrogen-bond donors (Lipinski definition) is 0. The topological polar surface area (TPSA) is 37.2 Å². The molecule has 4 heteroatoms. The van der Waals surface area contributed by atoms with Gasteiger partial charge in [-0.3, -0.25) is 0 Å². The van der Waals surface area contributed by atoms with Crippen molar-refractivity contribution in [2.24, 2.45) is 9.98 Å². The van der Waals surface area contributed by atoms with Crippen molar-refractivity contribution in [3.63, 3.8) is 0 Å². The number of aliphatic imine (C=N–C) groups is 2. The van der Waals surface area contributed by atoms with Crippen LogP contribution in [0.25, 0.3) is 5.70 Å². The van der Waals surface area contributed by atoms with Gasteiger partial charge in [-0.2, -0.15) is 0 Å². The third-order valence-electron chi connectivity index (χ3n) is 4.99. The van der Waals surface area contributed by atoms with Crippen LogP contribution in [0.4, 0.5) is 5.69 Å². The van der Waals surface area contributed by atoms with E-state index in [1.807, 2.05) is 48.5 Å². The monoisotopic (exact) mass is 365 g/mol. The van der Waals surface area contributed by atoms with Crippen LogP contribution >= 0.6 is 0 Å². The molecule has 0 saturated carbocycles. The van der Waals surface area contributed by atoms with Crippen LogP contribution in [0.15, 0.2) is 95.0 Å². The fourth-order valence-corrected chi connectivity index (χ4v) is 3.52. The van der Waals surface area contributed by atoms with E-state index in [-0.39, 0.29) is 0 Å². The second kappa shape index (κ2) is 6.82. The largest absolute Gasteiger partial charge is 0.497 e. The van der Waals surface area contributed by atoms with Crippen molar-refractivity contribution in [1.82, 2.24) is 4.90 Å². The molecule has 0 fully saturated rings. The molecule has 3 aromatic rings. The fraction of sp³-hybridized carbons (Fsp3) is 0.0833. The molecule has 28 heavy (non-hydrogen) atoms. The molecule has 0 unspecified atom stereocenters. The van der Waals surface area contributed by atoms with E-state index in [2.05, 4.69) is 41.4 Å². The maximum Gasteiger partial charge on any atom is 0.160 e. The number of rotatable bonds is 3. The number of methoxy groups -OCH3 is 1. The summed E-state index contributed by atoms with van der Waals surface area (Å²) in [5.41, 5.74) is 6.14. The highest BCUT2D eigenvalue weighted by molar-refractivity contribution is 6.49. The fourth-order valence-electron chi connectivity index (χ4n) is 3.52. The molecule has 5 rings (SSSR count). The molecular weight excluding hydrogens is 346 g/mol. The van der Waals surface area contributed by atoms with Gasteiger partial charge in [-0.15, -0.1) is 0 Å². The van der Waals surface area contributed by atoms with Crippen molar-refractivity contribution < 1.29 is 4.74 Å². The molecule has 0 saturated heterocycles. The van der Waals surface area contributed by atoms with Gasteiger partial charge in [0, 0.05) is 17.3 Å². The summed E-state index contributed by atoms with van der Waals surface area (Å²) < 4.78 is 5.29. The van der Waals surface area contributed by atoms with Crippen molar-refractivity contribution in [3.05, 3.63) is 102 Å². The Morgan fingerprint density at radius 2 is 1.54 bits per heavy atom. The second-order valence-corrected chi connectivity index (χ2v) is 6.76. The summed E-state index contributed by atoms with van der Waals surface area (Å²) in [6, 6.07) is 26.5. The Labute approximate surface area is 164 Å². The first-order valence-electron chi connectivity index (χ1n) is 9.26. The standard InChI is InChI=1S/C24H19N3O/c1-28-20-13-11-17(12-14-20)22-16-27-15-19-9-5-6-10-21(19)26-24(27)23(25-22)18-7-3-2-4-8-18/h2-14,16H,15H2,1H3. The summed E-state index contributed by atoms with van der Waals surface area (Å²) in [7, 11) is 1.68. The summed E-state index contributed by atoms with van der Waals surface area (Å²) in [5.74, 6) is 1.73. The van der Waals surface area contributed by atoms with Gasteiger partial charge in [0.1, 0.15) is 11.5 Å². The molecule has 0 bridgehead atoms. The number of para-hydroxylation sites is 1. The van der Waals surface area contributed by atoms with Crippen LogP contribution in [0, 0.1) is 0 Å². The number of benzene rings is 3. The molecule has 0 aromatic heterocycles. The maximum atomic E-state index is 5.29. The van der Waals surface area contributed by atoms with Gasteiger partial charge in [0.05, 0.1) is 25.0 Å².